The van der Waals surface area contributed by atoms with E-state index < -0.39 is 16.0 Å². The van der Waals surface area contributed by atoms with Crippen molar-refractivity contribution < 1.29 is 34.6 Å². The van der Waals surface area contributed by atoms with E-state index in [4.69, 9.17) is 9.47 Å². The van der Waals surface area contributed by atoms with E-state index in [0.29, 0.717) is 0 Å². The van der Waals surface area contributed by atoms with Crippen LogP contribution in [0, 0.1) is 20.2 Å². The summed E-state index contributed by atoms with van der Waals surface area (Å²) in [6.45, 7) is -0.321. The van der Waals surface area contributed by atoms with Gasteiger partial charge in [-0.2, -0.15) is 0 Å². The molecule has 2 aromatic rings. The molecule has 170 valence electrons. The molecule has 0 aliphatic carbocycles. The van der Waals surface area contributed by atoms with Gasteiger partial charge < -0.3 is 24.8 Å². The Balaban J connectivity index is 2.08. The number of aromatic hydroxyl groups is 2. The van der Waals surface area contributed by atoms with Crippen molar-refractivity contribution in [1.82, 2.24) is 0 Å². The summed E-state index contributed by atoms with van der Waals surface area (Å²) >= 11 is 0. The number of phenols is 2. The summed E-state index contributed by atoms with van der Waals surface area (Å²) in [4.78, 5) is 28.5. The summed E-state index contributed by atoms with van der Waals surface area (Å²) in [7, 11) is 2.49. The highest BCUT2D eigenvalue weighted by atomic mass is 16.6. The third-order valence-corrected chi connectivity index (χ3v) is 4.13. The van der Waals surface area contributed by atoms with Gasteiger partial charge in [0.15, 0.2) is 23.0 Å². The van der Waals surface area contributed by atoms with Crippen LogP contribution in [0.5, 0.6) is 23.0 Å². The van der Waals surface area contributed by atoms with E-state index in [9.17, 15) is 35.5 Å². The van der Waals surface area contributed by atoms with E-state index in [2.05, 4.69) is 9.98 Å². The number of methoxy groups -OCH3 is 2. The van der Waals surface area contributed by atoms with Crippen molar-refractivity contribution in [1.29, 1.82) is 0 Å². The van der Waals surface area contributed by atoms with Crippen LogP contribution in [0.2, 0.25) is 0 Å². The molecule has 0 radical (unpaired) electrons. The number of nitrogens with zero attached hydrogens (tertiary/aromatic N) is 4. The maximum Gasteiger partial charge on any atom is 0.274 e. The van der Waals surface area contributed by atoms with Gasteiger partial charge in [-0.3, -0.25) is 30.2 Å². The zero-order chi connectivity index (χ0) is 23.8. The van der Waals surface area contributed by atoms with Gasteiger partial charge in [0.05, 0.1) is 55.4 Å². The van der Waals surface area contributed by atoms with E-state index in [0.717, 1.165) is 36.7 Å². The minimum atomic E-state index is -1.08. The van der Waals surface area contributed by atoms with Crippen LogP contribution in [-0.2, 0) is 0 Å². The second-order valence-corrected chi connectivity index (χ2v) is 6.33. The third-order valence-electron chi connectivity index (χ3n) is 4.13. The average molecular weight is 448 g/mol. The fourth-order valence-corrected chi connectivity index (χ4v) is 2.55. The number of rotatable bonds is 10. The van der Waals surface area contributed by atoms with Crippen LogP contribution in [0.15, 0.2) is 34.3 Å². The number of aliphatic hydroxyl groups excluding tert-OH is 1. The van der Waals surface area contributed by atoms with Crippen molar-refractivity contribution in [2.24, 2.45) is 9.98 Å². The molecule has 0 heterocycles. The van der Waals surface area contributed by atoms with Crippen LogP contribution in [0.25, 0.3) is 0 Å². The lowest BCUT2D eigenvalue weighted by Crippen LogP contribution is -2.15. The van der Waals surface area contributed by atoms with Gasteiger partial charge in [0, 0.05) is 35.7 Å². The van der Waals surface area contributed by atoms with Gasteiger partial charge in [0.2, 0.25) is 0 Å². The number of benzene rings is 2. The van der Waals surface area contributed by atoms with Crippen molar-refractivity contribution in [2.45, 2.75) is 6.10 Å². The fraction of sp³-hybridized carbons (Fsp3) is 0.263. The molecule has 0 saturated heterocycles. The first-order valence-corrected chi connectivity index (χ1v) is 8.96. The number of aliphatic hydroxyl groups is 1. The zero-order valence-corrected chi connectivity index (χ0v) is 17.0. The second-order valence-electron chi connectivity index (χ2n) is 6.33. The Labute approximate surface area is 181 Å². The van der Waals surface area contributed by atoms with Gasteiger partial charge in [0.25, 0.3) is 11.4 Å². The number of phenolic OH excluding ortho intramolecular Hbond substituents is 2. The molecule has 0 atom stereocenters. The van der Waals surface area contributed by atoms with Crippen LogP contribution in [-0.4, -0.2) is 71.0 Å². The lowest BCUT2D eigenvalue weighted by atomic mass is 10.1. The molecule has 13 heteroatoms. The quantitative estimate of drug-likeness (QED) is 0.276. The van der Waals surface area contributed by atoms with E-state index in [1.54, 1.807) is 0 Å². The molecule has 13 nitrogen and oxygen atoms in total. The molecular weight excluding hydrogens is 428 g/mol. The van der Waals surface area contributed by atoms with Crippen molar-refractivity contribution in [3.05, 3.63) is 55.6 Å². The maximum atomic E-state index is 11.0. The first-order chi connectivity index (χ1) is 15.2. The van der Waals surface area contributed by atoms with Gasteiger partial charge in [0.1, 0.15) is 0 Å². The molecule has 0 bridgehead atoms. The minimum absolute atomic E-state index is 0.0281. The summed E-state index contributed by atoms with van der Waals surface area (Å²) in [5.74, 6) is -0.884. The molecule has 0 saturated carbocycles. The number of hydrogen-bond donors (Lipinski definition) is 3. The predicted molar refractivity (Wildman–Crippen MR) is 114 cm³/mol. The van der Waals surface area contributed by atoms with Crippen molar-refractivity contribution >= 4 is 23.8 Å². The topological polar surface area (TPSA) is 190 Å². The van der Waals surface area contributed by atoms with Gasteiger partial charge >= 0.3 is 0 Å². The number of nitro groups is 2. The Morgan fingerprint density at radius 1 is 0.875 bits per heavy atom. The zero-order valence-electron chi connectivity index (χ0n) is 17.0. The number of aliphatic imine (C=N–C) groups is 2. The lowest BCUT2D eigenvalue weighted by Gasteiger charge is -2.07. The molecule has 0 fully saturated rings. The summed E-state index contributed by atoms with van der Waals surface area (Å²) < 4.78 is 9.78. The second kappa shape index (κ2) is 10.7. The molecule has 0 amide bonds. The summed E-state index contributed by atoms with van der Waals surface area (Å²) in [5, 5.41) is 52.1. The monoisotopic (exact) mass is 448 g/mol. The molecule has 0 aromatic heterocycles. The lowest BCUT2D eigenvalue weighted by molar-refractivity contribution is -0.385. The van der Waals surface area contributed by atoms with E-state index in [-0.39, 0.29) is 58.6 Å². The largest absolute Gasteiger partial charge is 0.504 e. The van der Waals surface area contributed by atoms with E-state index >= 15 is 0 Å². The standard InChI is InChI=1S/C19H20N4O9/c1-31-16-5-13(22(27)28)3-11(18(16)25)7-20-9-15(24)10-21-8-12-4-14(23(29)30)6-17(32-2)19(12)26/h3-8,15,24-26H,9-10H2,1-2H3. The molecule has 0 aliphatic heterocycles. The van der Waals surface area contributed by atoms with E-state index in [1.165, 1.54) is 14.2 Å². The fourth-order valence-electron chi connectivity index (χ4n) is 2.55. The highest BCUT2D eigenvalue weighted by Crippen LogP contribution is 2.34. The first kappa shape index (κ1) is 24.0. The van der Waals surface area contributed by atoms with Crippen molar-refractivity contribution in [2.75, 3.05) is 27.3 Å². The number of hydrogen-bond acceptors (Lipinski definition) is 11. The molecule has 0 spiro atoms. The Bertz CT molecular complexity index is 986. The molecule has 0 aliphatic rings. The van der Waals surface area contributed by atoms with Gasteiger partial charge in [-0.05, 0) is 0 Å². The maximum absolute atomic E-state index is 11.0. The predicted octanol–water partition coefficient (Wildman–Crippen LogP) is 1.83. The van der Waals surface area contributed by atoms with Crippen LogP contribution in [0.4, 0.5) is 11.4 Å². The van der Waals surface area contributed by atoms with Gasteiger partial charge in [-0.15, -0.1) is 0 Å². The van der Waals surface area contributed by atoms with Gasteiger partial charge in [-0.1, -0.05) is 0 Å². The third kappa shape index (κ3) is 5.89. The number of nitro benzene ring substituents is 2. The van der Waals surface area contributed by atoms with Crippen LogP contribution in [0.1, 0.15) is 11.1 Å². The summed E-state index contributed by atoms with van der Waals surface area (Å²) in [6, 6.07) is 4.33. The summed E-state index contributed by atoms with van der Waals surface area (Å²) in [5.41, 5.74) is -0.558. The highest BCUT2D eigenvalue weighted by Gasteiger charge is 2.17. The highest BCUT2D eigenvalue weighted by molar-refractivity contribution is 5.87. The average Bonchev–Trinajstić information content (AvgIpc) is 2.75. The SMILES string of the molecule is COc1cc([N+](=O)[O-])cc(C=NCC(O)CN=Cc2cc([N+](=O)[O-])cc(OC)c2O)c1O. The Morgan fingerprint density at radius 2 is 1.25 bits per heavy atom. The Hall–Kier alpha value is -4.26. The van der Waals surface area contributed by atoms with Gasteiger partial charge in [-0.25, -0.2) is 0 Å². The van der Waals surface area contributed by atoms with E-state index in [1.807, 2.05) is 0 Å². The smallest absolute Gasteiger partial charge is 0.274 e. The number of ether oxygens (including phenoxy) is 2. The van der Waals surface area contributed by atoms with Crippen molar-refractivity contribution in [3.8, 4) is 23.0 Å². The molecule has 2 aromatic carbocycles. The molecule has 0 unspecified atom stereocenters. The molecule has 3 N–H and O–H groups in total. The normalized spacial score (nSPS) is 12.2. The van der Waals surface area contributed by atoms with Crippen molar-refractivity contribution in [3.63, 3.8) is 0 Å². The summed E-state index contributed by atoms with van der Waals surface area (Å²) in [6.07, 6.45) is 1.22. The molecule has 2 rings (SSSR count). The Kier molecular flexibility index (Phi) is 8.01. The molecule has 32 heavy (non-hydrogen) atoms. The number of non-ortho nitro benzene ring substituents is 2. The Morgan fingerprint density at radius 3 is 1.56 bits per heavy atom. The van der Waals surface area contributed by atoms with Crippen LogP contribution >= 0.6 is 0 Å². The molecular formula is C19H20N4O9. The van der Waals surface area contributed by atoms with Crippen LogP contribution in [0.3, 0.4) is 0 Å². The first-order valence-electron chi connectivity index (χ1n) is 8.96. The van der Waals surface area contributed by atoms with Crippen LogP contribution < -0.4 is 9.47 Å². The minimum Gasteiger partial charge on any atom is -0.504 e.